The van der Waals surface area contributed by atoms with E-state index in [0.717, 1.165) is 16.7 Å². The number of hydrogen-bond donors (Lipinski definition) is 0. The maximum absolute atomic E-state index is 6.11. The second-order valence-electron chi connectivity index (χ2n) is 3.35. The largest absolute Gasteiger partial charge is 0.362 e. The summed E-state index contributed by atoms with van der Waals surface area (Å²) >= 11 is 12.0. The summed E-state index contributed by atoms with van der Waals surface area (Å²) in [6.45, 7) is 0. The van der Waals surface area contributed by atoms with Crippen molar-refractivity contribution in [2.24, 2.45) is 0 Å². The summed E-state index contributed by atoms with van der Waals surface area (Å²) in [6, 6.07) is 3.45. The fourth-order valence-corrected chi connectivity index (χ4v) is 1.83. The molecule has 0 amide bonds. The van der Waals surface area contributed by atoms with Gasteiger partial charge in [-0.1, -0.05) is 23.2 Å². The van der Waals surface area contributed by atoms with E-state index >= 15 is 0 Å². The molecule has 0 unspecified atom stereocenters. The van der Waals surface area contributed by atoms with Crippen LogP contribution in [0.25, 0.3) is 10.9 Å². The van der Waals surface area contributed by atoms with Crippen LogP contribution in [0.2, 0.25) is 10.2 Å². The van der Waals surface area contributed by atoms with E-state index in [9.17, 15) is 0 Å². The van der Waals surface area contributed by atoms with Gasteiger partial charge in [0, 0.05) is 26.4 Å². The standard InChI is InChI=1S/C10H9Cl2N3/c1-15(2)10-9-6(11)3-4-13-7(9)5-8(12)14-10/h3-5H,1-2H3. The van der Waals surface area contributed by atoms with Gasteiger partial charge in [-0.3, -0.25) is 4.98 Å². The summed E-state index contributed by atoms with van der Waals surface area (Å²) in [4.78, 5) is 10.3. The lowest BCUT2D eigenvalue weighted by Gasteiger charge is -2.14. The average molecular weight is 242 g/mol. The Balaban J connectivity index is 2.88. The van der Waals surface area contributed by atoms with Gasteiger partial charge in [-0.25, -0.2) is 4.98 Å². The summed E-state index contributed by atoms with van der Waals surface area (Å²) in [5.41, 5.74) is 0.756. The molecule has 15 heavy (non-hydrogen) atoms. The van der Waals surface area contributed by atoms with Crippen LogP contribution < -0.4 is 4.90 Å². The van der Waals surface area contributed by atoms with Gasteiger partial charge < -0.3 is 4.90 Å². The second-order valence-corrected chi connectivity index (χ2v) is 4.14. The lowest BCUT2D eigenvalue weighted by atomic mass is 10.2. The number of hydrogen-bond acceptors (Lipinski definition) is 3. The van der Waals surface area contributed by atoms with Crippen LogP contribution in [0.3, 0.4) is 0 Å². The minimum absolute atomic E-state index is 0.418. The van der Waals surface area contributed by atoms with Gasteiger partial charge in [-0.2, -0.15) is 0 Å². The number of fused-ring (bicyclic) bond motifs is 1. The van der Waals surface area contributed by atoms with E-state index in [-0.39, 0.29) is 0 Å². The summed E-state index contributed by atoms with van der Waals surface area (Å²) in [7, 11) is 3.78. The van der Waals surface area contributed by atoms with Crippen LogP contribution in [-0.4, -0.2) is 24.1 Å². The maximum atomic E-state index is 6.11. The Bertz CT molecular complexity index is 511. The molecule has 0 bridgehead atoms. The zero-order valence-corrected chi connectivity index (χ0v) is 9.84. The summed E-state index contributed by atoms with van der Waals surface area (Å²) < 4.78 is 0. The number of rotatable bonds is 1. The lowest BCUT2D eigenvalue weighted by molar-refractivity contribution is 1.08. The van der Waals surface area contributed by atoms with E-state index in [4.69, 9.17) is 23.2 Å². The van der Waals surface area contributed by atoms with Gasteiger partial charge >= 0.3 is 0 Å². The molecule has 0 spiro atoms. The third kappa shape index (κ3) is 1.85. The quantitative estimate of drug-likeness (QED) is 0.720. The highest BCUT2D eigenvalue weighted by Crippen LogP contribution is 2.30. The van der Waals surface area contributed by atoms with Crippen LogP contribution >= 0.6 is 23.2 Å². The van der Waals surface area contributed by atoms with E-state index in [1.54, 1.807) is 18.3 Å². The average Bonchev–Trinajstić information content (AvgIpc) is 2.16. The molecule has 3 nitrogen and oxygen atoms in total. The Hall–Kier alpha value is -1.06. The molecule has 0 fully saturated rings. The van der Waals surface area contributed by atoms with Crippen LogP contribution in [0.1, 0.15) is 0 Å². The van der Waals surface area contributed by atoms with Crippen molar-refractivity contribution in [3.8, 4) is 0 Å². The molecular formula is C10H9Cl2N3. The summed E-state index contributed by atoms with van der Waals surface area (Å²) in [5, 5.41) is 1.88. The monoisotopic (exact) mass is 241 g/mol. The van der Waals surface area contributed by atoms with Crippen molar-refractivity contribution < 1.29 is 0 Å². The van der Waals surface area contributed by atoms with E-state index < -0.39 is 0 Å². The van der Waals surface area contributed by atoms with E-state index in [2.05, 4.69) is 9.97 Å². The number of pyridine rings is 2. The van der Waals surface area contributed by atoms with Crippen molar-refractivity contribution in [1.29, 1.82) is 0 Å². The molecule has 2 heterocycles. The van der Waals surface area contributed by atoms with Gasteiger partial charge in [-0.15, -0.1) is 0 Å². The van der Waals surface area contributed by atoms with Crippen molar-refractivity contribution in [1.82, 2.24) is 9.97 Å². The third-order valence-electron chi connectivity index (χ3n) is 2.05. The van der Waals surface area contributed by atoms with E-state index in [0.29, 0.717) is 10.2 Å². The molecule has 0 aliphatic rings. The Morgan fingerprint density at radius 3 is 2.67 bits per heavy atom. The first-order chi connectivity index (χ1) is 7.09. The third-order valence-corrected chi connectivity index (χ3v) is 2.55. The van der Waals surface area contributed by atoms with Gasteiger partial charge in [-0.05, 0) is 6.07 Å². The minimum Gasteiger partial charge on any atom is -0.362 e. The molecule has 0 radical (unpaired) electrons. The Morgan fingerprint density at radius 1 is 1.27 bits per heavy atom. The van der Waals surface area contributed by atoms with Gasteiger partial charge in [0.2, 0.25) is 0 Å². The molecule has 5 heteroatoms. The lowest BCUT2D eigenvalue weighted by Crippen LogP contribution is -2.11. The smallest absolute Gasteiger partial charge is 0.140 e. The van der Waals surface area contributed by atoms with Crippen LogP contribution in [-0.2, 0) is 0 Å². The first kappa shape index (κ1) is 10.5. The SMILES string of the molecule is CN(C)c1nc(Cl)cc2nccc(Cl)c12. The molecule has 78 valence electrons. The molecule has 0 aliphatic carbocycles. The van der Waals surface area contributed by atoms with Crippen LogP contribution in [0.5, 0.6) is 0 Å². The van der Waals surface area contributed by atoms with Crippen LogP contribution in [0.4, 0.5) is 5.82 Å². The summed E-state index contributed by atoms with van der Waals surface area (Å²) in [6.07, 6.45) is 1.65. The van der Waals surface area contributed by atoms with E-state index in [1.807, 2.05) is 19.0 Å². The highest BCUT2D eigenvalue weighted by Gasteiger charge is 2.10. The predicted octanol–water partition coefficient (Wildman–Crippen LogP) is 3.00. The Morgan fingerprint density at radius 2 is 2.00 bits per heavy atom. The van der Waals surface area contributed by atoms with E-state index in [1.165, 1.54) is 0 Å². The number of nitrogens with zero attached hydrogens (tertiary/aromatic N) is 3. The molecule has 0 saturated heterocycles. The van der Waals surface area contributed by atoms with Crippen molar-refractivity contribution >= 4 is 39.9 Å². The van der Waals surface area contributed by atoms with Gasteiger partial charge in [0.15, 0.2) is 0 Å². The van der Waals surface area contributed by atoms with Gasteiger partial charge in [0.1, 0.15) is 11.0 Å². The Kier molecular flexibility index (Phi) is 2.67. The molecule has 0 aromatic carbocycles. The molecule has 0 saturated carbocycles. The first-order valence-corrected chi connectivity index (χ1v) is 5.13. The topological polar surface area (TPSA) is 29.0 Å². The zero-order chi connectivity index (χ0) is 11.0. The van der Waals surface area contributed by atoms with Crippen molar-refractivity contribution in [2.45, 2.75) is 0 Å². The number of halogens is 2. The highest BCUT2D eigenvalue weighted by molar-refractivity contribution is 6.37. The van der Waals surface area contributed by atoms with Crippen molar-refractivity contribution in [2.75, 3.05) is 19.0 Å². The van der Waals surface area contributed by atoms with Gasteiger partial charge in [0.05, 0.1) is 15.9 Å². The second kappa shape index (κ2) is 3.83. The molecule has 2 rings (SSSR count). The zero-order valence-electron chi connectivity index (χ0n) is 8.33. The normalized spacial score (nSPS) is 10.7. The Labute approximate surface area is 97.6 Å². The molecule has 2 aromatic rings. The van der Waals surface area contributed by atoms with Crippen molar-refractivity contribution in [3.05, 3.63) is 28.5 Å². The van der Waals surface area contributed by atoms with Gasteiger partial charge in [0.25, 0.3) is 0 Å². The summed E-state index contributed by atoms with van der Waals surface area (Å²) in [5.74, 6) is 0.732. The first-order valence-electron chi connectivity index (χ1n) is 4.37. The number of anilines is 1. The fraction of sp³-hybridized carbons (Fsp3) is 0.200. The fourth-order valence-electron chi connectivity index (χ4n) is 1.41. The molecular weight excluding hydrogens is 233 g/mol. The minimum atomic E-state index is 0.418. The predicted molar refractivity (Wildman–Crippen MR) is 63.9 cm³/mol. The highest BCUT2D eigenvalue weighted by atomic mass is 35.5. The molecule has 2 aromatic heterocycles. The molecule has 0 N–H and O–H groups in total. The molecule has 0 atom stereocenters. The van der Waals surface area contributed by atoms with Crippen LogP contribution in [0, 0.1) is 0 Å². The number of aromatic nitrogens is 2. The maximum Gasteiger partial charge on any atom is 0.140 e. The van der Waals surface area contributed by atoms with Crippen molar-refractivity contribution in [3.63, 3.8) is 0 Å². The van der Waals surface area contributed by atoms with Crippen LogP contribution in [0.15, 0.2) is 18.3 Å². The molecule has 0 aliphatic heterocycles.